The van der Waals surface area contributed by atoms with Crippen molar-refractivity contribution in [2.75, 3.05) is 66.4 Å². The van der Waals surface area contributed by atoms with Gasteiger partial charge in [0.05, 0.1) is 51.3 Å². The minimum Gasteiger partial charge on any atom is -0.396 e. The van der Waals surface area contributed by atoms with Crippen molar-refractivity contribution in [3.05, 3.63) is 0 Å². The van der Waals surface area contributed by atoms with Crippen molar-refractivity contribution in [3.63, 3.8) is 0 Å². The fourth-order valence-corrected chi connectivity index (χ4v) is 3.96. The first-order valence-electron chi connectivity index (χ1n) is 14.5. The number of rotatable bonds is 4. The molecule has 5 rings (SSSR count). The Morgan fingerprint density at radius 1 is 0.684 bits per heavy atom. The molecular formula is C28H56O10. The van der Waals surface area contributed by atoms with Crippen LogP contribution in [0.4, 0.5) is 0 Å². The van der Waals surface area contributed by atoms with Crippen molar-refractivity contribution in [3.8, 4) is 0 Å². The van der Waals surface area contributed by atoms with E-state index >= 15 is 0 Å². The molecule has 2 N–H and O–H groups in total. The molecular weight excluding hydrogens is 496 g/mol. The van der Waals surface area contributed by atoms with Gasteiger partial charge in [0.25, 0.3) is 0 Å². The Labute approximate surface area is 230 Å². The molecule has 10 nitrogen and oxygen atoms in total. The van der Waals surface area contributed by atoms with E-state index in [9.17, 15) is 0 Å². The third-order valence-electron chi connectivity index (χ3n) is 6.45. The number of aliphatic hydroxyl groups excluding tert-OH is 2. The Morgan fingerprint density at radius 2 is 1.34 bits per heavy atom. The molecule has 0 amide bonds. The molecule has 4 atom stereocenters. The van der Waals surface area contributed by atoms with Gasteiger partial charge in [0, 0.05) is 25.7 Å². The van der Waals surface area contributed by atoms with Crippen LogP contribution in [0.1, 0.15) is 79.6 Å². The summed E-state index contributed by atoms with van der Waals surface area (Å²) < 4.78 is 40.6. The molecule has 0 radical (unpaired) electrons. The van der Waals surface area contributed by atoms with Crippen LogP contribution >= 0.6 is 0 Å². The zero-order valence-corrected chi connectivity index (χ0v) is 24.6. The molecule has 0 spiro atoms. The van der Waals surface area contributed by atoms with Crippen LogP contribution in [0.2, 0.25) is 0 Å². The van der Waals surface area contributed by atoms with Crippen molar-refractivity contribution in [2.24, 2.45) is 5.92 Å². The first kappa shape index (κ1) is 35.6. The lowest BCUT2D eigenvalue weighted by Crippen LogP contribution is -2.28. The number of aliphatic hydroxyl groups is 2. The van der Waals surface area contributed by atoms with Crippen LogP contribution in [0.3, 0.4) is 0 Å². The van der Waals surface area contributed by atoms with E-state index in [0.717, 1.165) is 58.7 Å². The summed E-state index contributed by atoms with van der Waals surface area (Å²) in [5.41, 5.74) is 0. The lowest BCUT2D eigenvalue weighted by molar-refractivity contribution is -0.150. The topological polar surface area (TPSA) is 114 Å². The molecule has 0 aromatic carbocycles. The van der Waals surface area contributed by atoms with E-state index in [2.05, 4.69) is 20.8 Å². The zero-order chi connectivity index (χ0) is 28.1. The minimum atomic E-state index is -0.409. The van der Waals surface area contributed by atoms with Crippen LogP contribution in [-0.4, -0.2) is 107 Å². The molecule has 0 aliphatic carbocycles. The van der Waals surface area contributed by atoms with Gasteiger partial charge in [-0.15, -0.1) is 0 Å². The van der Waals surface area contributed by atoms with Gasteiger partial charge in [-0.25, -0.2) is 0 Å². The van der Waals surface area contributed by atoms with Crippen LogP contribution in [-0.2, 0) is 37.9 Å². The van der Waals surface area contributed by atoms with Gasteiger partial charge in [0.15, 0.2) is 5.79 Å². The zero-order valence-electron chi connectivity index (χ0n) is 24.6. The smallest absolute Gasteiger partial charge is 0.163 e. The van der Waals surface area contributed by atoms with Crippen LogP contribution < -0.4 is 0 Å². The summed E-state index contributed by atoms with van der Waals surface area (Å²) >= 11 is 0. The molecule has 5 fully saturated rings. The predicted octanol–water partition coefficient (Wildman–Crippen LogP) is 3.65. The summed E-state index contributed by atoms with van der Waals surface area (Å²) in [5.74, 6) is 0.0875. The summed E-state index contributed by atoms with van der Waals surface area (Å²) in [4.78, 5) is 0. The second kappa shape index (κ2) is 22.3. The molecule has 5 aliphatic heterocycles. The Morgan fingerprint density at radius 3 is 1.63 bits per heavy atom. The van der Waals surface area contributed by atoms with Crippen LogP contribution in [0, 0.1) is 5.92 Å². The molecule has 5 saturated heterocycles. The summed E-state index contributed by atoms with van der Waals surface area (Å²) in [5, 5.41) is 17.3. The fourth-order valence-electron chi connectivity index (χ4n) is 3.96. The Bertz CT molecular complexity index is 496. The minimum absolute atomic E-state index is 0.292. The lowest BCUT2D eigenvalue weighted by Gasteiger charge is -2.18. The molecule has 228 valence electrons. The third-order valence-corrected chi connectivity index (χ3v) is 6.45. The summed E-state index contributed by atoms with van der Waals surface area (Å²) in [7, 11) is 0. The maximum absolute atomic E-state index is 8.66. The lowest BCUT2D eigenvalue weighted by atomic mass is 10.0. The highest BCUT2D eigenvalue weighted by Crippen LogP contribution is 2.23. The average Bonchev–Trinajstić information content (AvgIpc) is 3.73. The molecule has 5 heterocycles. The number of hydrogen-bond donors (Lipinski definition) is 2. The van der Waals surface area contributed by atoms with Crippen LogP contribution in [0.15, 0.2) is 0 Å². The molecule has 0 bridgehead atoms. The monoisotopic (exact) mass is 552 g/mol. The maximum Gasteiger partial charge on any atom is 0.163 e. The maximum atomic E-state index is 8.66. The van der Waals surface area contributed by atoms with Gasteiger partial charge < -0.3 is 48.1 Å². The highest BCUT2D eigenvalue weighted by Gasteiger charge is 2.31. The van der Waals surface area contributed by atoms with Crippen molar-refractivity contribution >= 4 is 0 Å². The van der Waals surface area contributed by atoms with E-state index in [-0.39, 0.29) is 5.79 Å². The molecule has 0 saturated carbocycles. The first-order chi connectivity index (χ1) is 18.3. The quantitative estimate of drug-likeness (QED) is 0.536. The van der Waals surface area contributed by atoms with E-state index in [4.69, 9.17) is 48.1 Å². The van der Waals surface area contributed by atoms with Gasteiger partial charge in [0.1, 0.15) is 19.7 Å². The van der Waals surface area contributed by atoms with Gasteiger partial charge in [0.2, 0.25) is 0 Å². The number of ether oxygens (including phenoxy) is 8. The van der Waals surface area contributed by atoms with E-state index < -0.39 is 6.10 Å². The predicted molar refractivity (Wildman–Crippen MR) is 144 cm³/mol. The summed E-state index contributed by atoms with van der Waals surface area (Å²) in [6.07, 6.45) is 9.01. The van der Waals surface area contributed by atoms with Gasteiger partial charge in [-0.2, -0.15) is 0 Å². The molecule has 4 unspecified atom stereocenters. The standard InChI is InChI=1S/C7H14O2.C6H12O2.C6H12O.C5H10O2.C4H8O3/c1-4-6-5-8-7(2,3)9-6;7-4-6-2-1-3-8-5-6;1-2-6-4-3-5-7-6;1-2-5-3-6-4-7-5;5-4-1-6-3-7-2-4/h6H,4-5H2,1-3H3;6-7H,1-5H2;6H,2-5H2,1H3;5H,2-4H2,1H3;4-5H,1-3H2. The normalized spacial score (nSPS) is 30.4. The molecule has 38 heavy (non-hydrogen) atoms. The highest BCUT2D eigenvalue weighted by atomic mass is 16.7. The SMILES string of the molecule is CCC1CCCO1.CCC1COC(C)(C)O1.CCC1COCO1.OC1COCOC1.OCC1CCCOC1. The first-order valence-corrected chi connectivity index (χ1v) is 14.5. The van der Waals surface area contributed by atoms with Gasteiger partial charge in [-0.3, -0.25) is 0 Å². The second-order valence-electron chi connectivity index (χ2n) is 10.4. The van der Waals surface area contributed by atoms with Crippen LogP contribution in [0.5, 0.6) is 0 Å². The molecule has 0 aromatic rings. The fraction of sp³-hybridized carbons (Fsp3) is 1.00. The molecule has 10 heteroatoms. The Hall–Kier alpha value is -0.400. The van der Waals surface area contributed by atoms with Crippen molar-refractivity contribution in [1.29, 1.82) is 0 Å². The second-order valence-corrected chi connectivity index (χ2v) is 10.4. The van der Waals surface area contributed by atoms with Crippen molar-refractivity contribution in [2.45, 2.75) is 110 Å². The van der Waals surface area contributed by atoms with E-state index in [0.29, 0.717) is 57.6 Å². The highest BCUT2D eigenvalue weighted by molar-refractivity contribution is 4.68. The van der Waals surface area contributed by atoms with Crippen molar-refractivity contribution in [1.82, 2.24) is 0 Å². The molecule has 5 aliphatic rings. The largest absolute Gasteiger partial charge is 0.396 e. The Balaban J connectivity index is 0.000000238. The van der Waals surface area contributed by atoms with Gasteiger partial charge >= 0.3 is 0 Å². The Kier molecular flexibility index (Phi) is 20.9. The van der Waals surface area contributed by atoms with Gasteiger partial charge in [-0.05, 0) is 58.8 Å². The van der Waals surface area contributed by atoms with E-state index in [1.807, 2.05) is 13.8 Å². The van der Waals surface area contributed by atoms with Crippen molar-refractivity contribution < 1.29 is 48.1 Å². The van der Waals surface area contributed by atoms with Crippen LogP contribution in [0.25, 0.3) is 0 Å². The summed E-state index contributed by atoms with van der Waals surface area (Å²) in [6, 6.07) is 0. The van der Waals surface area contributed by atoms with E-state index in [1.54, 1.807) is 0 Å². The van der Waals surface area contributed by atoms with Gasteiger partial charge in [-0.1, -0.05) is 20.8 Å². The van der Waals surface area contributed by atoms with E-state index in [1.165, 1.54) is 19.3 Å². The summed E-state index contributed by atoms with van der Waals surface area (Å²) in [6.45, 7) is 16.4. The third kappa shape index (κ3) is 18.0. The number of hydrogen-bond acceptors (Lipinski definition) is 10. The molecule has 0 aromatic heterocycles. The average molecular weight is 553 g/mol.